The molecule has 0 heterocycles. The first-order valence-corrected chi connectivity index (χ1v) is 5.99. The van der Waals surface area contributed by atoms with Gasteiger partial charge in [-0.15, -0.1) is 0 Å². The highest BCUT2D eigenvalue weighted by atomic mass is 16.2. The molecule has 1 atom stereocenters. The zero-order valence-corrected chi connectivity index (χ0v) is 10.5. The number of rotatable bonds is 8. The molecule has 0 radical (unpaired) electrons. The van der Waals surface area contributed by atoms with E-state index in [1.807, 2.05) is 0 Å². The van der Waals surface area contributed by atoms with Crippen LogP contribution in [0.2, 0.25) is 0 Å². The Bertz CT molecular complexity index is 86.4. The Morgan fingerprint density at radius 2 is 1.57 bits per heavy atom. The van der Waals surface area contributed by atoms with Gasteiger partial charge in [-0.25, -0.2) is 0 Å². The Hall–Kier alpha value is -0.0800. The molecule has 14 heavy (non-hydrogen) atoms. The Kier molecular flexibility index (Phi) is 18.0. The molecule has 2 nitrogen and oxygen atoms in total. The summed E-state index contributed by atoms with van der Waals surface area (Å²) in [5.74, 6) is 0. The van der Waals surface area contributed by atoms with Crippen molar-refractivity contribution >= 4 is 0 Å². The maximum atomic E-state index is 7.00. The van der Waals surface area contributed by atoms with Gasteiger partial charge in [-0.05, 0) is 26.3 Å². The summed E-state index contributed by atoms with van der Waals surface area (Å²) >= 11 is 0. The van der Waals surface area contributed by atoms with Gasteiger partial charge in [0.05, 0.1) is 0 Å². The number of aliphatic hydroxyl groups is 1. The number of unbranched alkanes of at least 4 members (excludes halogenated alkanes) is 4. The van der Waals surface area contributed by atoms with E-state index in [1.54, 1.807) is 0 Å². The van der Waals surface area contributed by atoms with Crippen LogP contribution >= 0.6 is 0 Å². The standard InChI is InChI=1S/C11H25N.CH4O/c1-4-6-7-8-9-10-12-11(3)5-2;1-2/h11-12H,4-10H2,1-3H3;2H,1H3. The van der Waals surface area contributed by atoms with Crippen LogP contribution in [-0.2, 0) is 0 Å². The van der Waals surface area contributed by atoms with Gasteiger partial charge in [0.15, 0.2) is 0 Å². The summed E-state index contributed by atoms with van der Waals surface area (Å²) < 4.78 is 0. The van der Waals surface area contributed by atoms with Crippen LogP contribution in [-0.4, -0.2) is 24.8 Å². The topological polar surface area (TPSA) is 32.3 Å². The van der Waals surface area contributed by atoms with Crippen LogP contribution in [0.1, 0.15) is 59.3 Å². The Balaban J connectivity index is 0. The molecule has 2 heteroatoms. The number of hydrogen-bond donors (Lipinski definition) is 2. The average Bonchev–Trinajstić information content (AvgIpc) is 2.25. The molecule has 0 rings (SSSR count). The summed E-state index contributed by atoms with van der Waals surface area (Å²) in [4.78, 5) is 0. The van der Waals surface area contributed by atoms with E-state index in [0.29, 0.717) is 6.04 Å². The van der Waals surface area contributed by atoms with Gasteiger partial charge in [-0.1, -0.05) is 39.5 Å². The Labute approximate surface area is 90.1 Å². The van der Waals surface area contributed by atoms with Crippen molar-refractivity contribution in [1.29, 1.82) is 0 Å². The summed E-state index contributed by atoms with van der Waals surface area (Å²) in [6.07, 6.45) is 8.16. The quantitative estimate of drug-likeness (QED) is 0.594. The molecule has 0 saturated heterocycles. The highest BCUT2D eigenvalue weighted by Crippen LogP contribution is 2.01. The molecule has 0 aromatic carbocycles. The largest absolute Gasteiger partial charge is 0.400 e. The van der Waals surface area contributed by atoms with E-state index in [4.69, 9.17) is 5.11 Å². The van der Waals surface area contributed by atoms with E-state index in [9.17, 15) is 0 Å². The van der Waals surface area contributed by atoms with E-state index in [1.165, 1.54) is 45.1 Å². The Morgan fingerprint density at radius 3 is 2.07 bits per heavy atom. The lowest BCUT2D eigenvalue weighted by Crippen LogP contribution is -2.25. The molecule has 0 aromatic heterocycles. The van der Waals surface area contributed by atoms with Crippen LogP contribution < -0.4 is 5.32 Å². The lowest BCUT2D eigenvalue weighted by atomic mass is 10.1. The van der Waals surface area contributed by atoms with Crippen LogP contribution in [0.4, 0.5) is 0 Å². The third kappa shape index (κ3) is 14.4. The minimum absolute atomic E-state index is 0.705. The van der Waals surface area contributed by atoms with Crippen molar-refractivity contribution < 1.29 is 5.11 Å². The second kappa shape index (κ2) is 15.4. The van der Waals surface area contributed by atoms with Crippen LogP contribution in [0.25, 0.3) is 0 Å². The van der Waals surface area contributed by atoms with Crippen molar-refractivity contribution in [2.45, 2.75) is 65.3 Å². The van der Waals surface area contributed by atoms with Gasteiger partial charge in [-0.2, -0.15) is 0 Å². The highest BCUT2D eigenvalue weighted by molar-refractivity contribution is 4.57. The van der Waals surface area contributed by atoms with Gasteiger partial charge < -0.3 is 10.4 Å². The molecule has 88 valence electrons. The number of nitrogens with one attached hydrogen (secondary N) is 1. The van der Waals surface area contributed by atoms with E-state index in [2.05, 4.69) is 26.1 Å². The predicted octanol–water partition coefficient (Wildman–Crippen LogP) is 2.95. The van der Waals surface area contributed by atoms with Crippen molar-refractivity contribution in [3.05, 3.63) is 0 Å². The first kappa shape index (κ1) is 16.4. The molecule has 0 bridgehead atoms. The average molecular weight is 203 g/mol. The smallest absolute Gasteiger partial charge is 0.0319 e. The fourth-order valence-corrected chi connectivity index (χ4v) is 1.22. The van der Waals surface area contributed by atoms with Crippen LogP contribution in [0.3, 0.4) is 0 Å². The molecule has 0 aliphatic heterocycles. The van der Waals surface area contributed by atoms with Gasteiger partial charge >= 0.3 is 0 Å². The summed E-state index contributed by atoms with van der Waals surface area (Å²) in [6.45, 7) is 7.96. The number of aliphatic hydroxyl groups excluding tert-OH is 1. The molecule has 0 spiro atoms. The Morgan fingerprint density at radius 1 is 1.00 bits per heavy atom. The molecular formula is C12H29NO. The van der Waals surface area contributed by atoms with Gasteiger partial charge in [0.2, 0.25) is 0 Å². The van der Waals surface area contributed by atoms with Crippen LogP contribution in [0.15, 0.2) is 0 Å². The van der Waals surface area contributed by atoms with Crippen molar-refractivity contribution in [2.24, 2.45) is 0 Å². The first-order valence-electron chi connectivity index (χ1n) is 5.99. The predicted molar refractivity (Wildman–Crippen MR) is 64.7 cm³/mol. The highest BCUT2D eigenvalue weighted by Gasteiger charge is 1.95. The van der Waals surface area contributed by atoms with E-state index in [0.717, 1.165) is 7.11 Å². The SMILES string of the molecule is CCCCCCCNC(C)CC.CO. The monoisotopic (exact) mass is 203 g/mol. The molecule has 2 N–H and O–H groups in total. The minimum Gasteiger partial charge on any atom is -0.400 e. The molecule has 1 unspecified atom stereocenters. The molecule has 0 amide bonds. The lowest BCUT2D eigenvalue weighted by molar-refractivity contribution is 0.399. The third-order valence-corrected chi connectivity index (χ3v) is 2.39. The zero-order valence-electron chi connectivity index (χ0n) is 10.5. The van der Waals surface area contributed by atoms with E-state index in [-0.39, 0.29) is 0 Å². The van der Waals surface area contributed by atoms with Gasteiger partial charge in [0, 0.05) is 13.2 Å². The van der Waals surface area contributed by atoms with Crippen molar-refractivity contribution in [2.75, 3.05) is 13.7 Å². The fourth-order valence-electron chi connectivity index (χ4n) is 1.22. The van der Waals surface area contributed by atoms with Gasteiger partial charge in [-0.3, -0.25) is 0 Å². The molecule has 0 aliphatic carbocycles. The van der Waals surface area contributed by atoms with Gasteiger partial charge in [0.25, 0.3) is 0 Å². The summed E-state index contributed by atoms with van der Waals surface area (Å²) in [5.41, 5.74) is 0. The van der Waals surface area contributed by atoms with Crippen molar-refractivity contribution in [1.82, 2.24) is 5.32 Å². The van der Waals surface area contributed by atoms with Gasteiger partial charge in [0.1, 0.15) is 0 Å². The first-order chi connectivity index (χ1) is 6.81. The second-order valence-electron chi connectivity index (χ2n) is 3.68. The fraction of sp³-hybridized carbons (Fsp3) is 1.00. The normalized spacial score (nSPS) is 11.8. The number of hydrogen-bond acceptors (Lipinski definition) is 2. The zero-order chi connectivity index (χ0) is 11.2. The van der Waals surface area contributed by atoms with Crippen LogP contribution in [0, 0.1) is 0 Å². The molecular weight excluding hydrogens is 174 g/mol. The maximum absolute atomic E-state index is 7.00. The van der Waals surface area contributed by atoms with Crippen LogP contribution in [0.5, 0.6) is 0 Å². The lowest BCUT2D eigenvalue weighted by Gasteiger charge is -2.10. The summed E-state index contributed by atoms with van der Waals surface area (Å²) in [6, 6.07) is 0.705. The van der Waals surface area contributed by atoms with E-state index < -0.39 is 0 Å². The molecule has 0 saturated carbocycles. The summed E-state index contributed by atoms with van der Waals surface area (Å²) in [7, 11) is 1.00. The molecule has 0 fully saturated rings. The molecule has 0 aliphatic rings. The maximum Gasteiger partial charge on any atom is 0.0319 e. The minimum atomic E-state index is 0.705. The third-order valence-electron chi connectivity index (χ3n) is 2.39. The van der Waals surface area contributed by atoms with Crippen molar-refractivity contribution in [3.8, 4) is 0 Å². The summed E-state index contributed by atoms with van der Waals surface area (Å²) in [5, 5.41) is 10.5. The van der Waals surface area contributed by atoms with E-state index >= 15 is 0 Å². The van der Waals surface area contributed by atoms with Crippen molar-refractivity contribution in [3.63, 3.8) is 0 Å². The molecule has 0 aromatic rings. The second-order valence-corrected chi connectivity index (χ2v) is 3.68.